The zero-order chi connectivity index (χ0) is 48.8. The van der Waals surface area contributed by atoms with E-state index >= 15 is 0 Å². The molecule has 0 saturated heterocycles. The highest BCUT2D eigenvalue weighted by Gasteiger charge is 2.27. The van der Waals surface area contributed by atoms with Crippen molar-refractivity contribution >= 4 is 58.1 Å². The summed E-state index contributed by atoms with van der Waals surface area (Å²) in [7, 11) is 3.44. The van der Waals surface area contributed by atoms with Gasteiger partial charge in [-0.05, 0) is 154 Å². The predicted molar refractivity (Wildman–Crippen MR) is 279 cm³/mol. The van der Waals surface area contributed by atoms with E-state index in [0.29, 0.717) is 46.5 Å². The highest BCUT2D eigenvalue weighted by atomic mass is 16.5. The van der Waals surface area contributed by atoms with Gasteiger partial charge < -0.3 is 30.2 Å². The van der Waals surface area contributed by atoms with Gasteiger partial charge in [-0.25, -0.2) is 0 Å². The maximum absolute atomic E-state index is 13.0. The van der Waals surface area contributed by atoms with Gasteiger partial charge in [-0.15, -0.1) is 0 Å². The minimum absolute atomic E-state index is 0.0803. The molecule has 2 aliphatic heterocycles. The minimum Gasteiger partial charge on any atom is -0.496 e. The Kier molecular flexibility index (Phi) is 15.0. The number of methoxy groups -OCH3 is 2. The molecule has 6 aromatic carbocycles. The van der Waals surface area contributed by atoms with Crippen LogP contribution in [0.2, 0.25) is 0 Å². The Balaban J connectivity index is 0.000000201. The largest absolute Gasteiger partial charge is 0.496 e. The van der Waals surface area contributed by atoms with Gasteiger partial charge >= 0.3 is 0 Å². The fraction of sp³-hybridized carbons (Fsp3) is 0.271. The van der Waals surface area contributed by atoms with Crippen molar-refractivity contribution in [3.63, 3.8) is 0 Å². The second kappa shape index (κ2) is 21.1. The number of amides is 3. The van der Waals surface area contributed by atoms with Crippen molar-refractivity contribution in [3.05, 3.63) is 165 Å². The number of benzene rings is 6. The van der Waals surface area contributed by atoms with Gasteiger partial charge in [0.15, 0.2) is 0 Å². The van der Waals surface area contributed by atoms with Crippen molar-refractivity contribution in [2.24, 2.45) is 0 Å². The zero-order valence-corrected chi connectivity index (χ0v) is 41.1. The van der Waals surface area contributed by atoms with Gasteiger partial charge in [0, 0.05) is 39.2 Å². The van der Waals surface area contributed by atoms with Crippen LogP contribution in [-0.4, -0.2) is 38.5 Å². The normalized spacial score (nSPS) is 13.9. The fourth-order valence-electron chi connectivity index (χ4n) is 8.74. The summed E-state index contributed by atoms with van der Waals surface area (Å²) in [4.78, 5) is 38.3. The van der Waals surface area contributed by atoms with E-state index < -0.39 is 0 Å². The Morgan fingerprint density at radius 1 is 0.559 bits per heavy atom. The van der Waals surface area contributed by atoms with Crippen molar-refractivity contribution in [3.8, 4) is 28.4 Å². The SMILES string of the molecule is CCOc1cccc(-c2ccc3c(c2)NC(=O)C3=Cc2cc(C(C)C)c(OC)c(C(C)C)c2)c1.COc1c(C(C)C)cc(C=C2C(=O)Nc3cc(NC(=O)c4ccccc4)ccc32)cc1C(C)C. The van der Waals surface area contributed by atoms with Gasteiger partial charge in [0.2, 0.25) is 0 Å². The third-order valence-corrected chi connectivity index (χ3v) is 12.2. The van der Waals surface area contributed by atoms with Gasteiger partial charge in [0.25, 0.3) is 17.7 Å². The number of rotatable bonds is 13. The molecular formula is C59H63N3O6. The van der Waals surface area contributed by atoms with Crippen LogP contribution in [0.5, 0.6) is 17.2 Å². The molecule has 0 radical (unpaired) electrons. The number of hydrogen-bond acceptors (Lipinski definition) is 6. The molecule has 0 atom stereocenters. The van der Waals surface area contributed by atoms with E-state index in [1.54, 1.807) is 32.4 Å². The van der Waals surface area contributed by atoms with Crippen LogP contribution in [0.15, 0.2) is 115 Å². The number of hydrogen-bond donors (Lipinski definition) is 3. The molecule has 0 fully saturated rings. The molecule has 2 heterocycles. The van der Waals surface area contributed by atoms with E-state index in [2.05, 4.69) is 108 Å². The molecule has 3 amide bonds. The maximum atomic E-state index is 13.0. The zero-order valence-electron chi connectivity index (χ0n) is 41.1. The Labute approximate surface area is 401 Å². The van der Waals surface area contributed by atoms with E-state index in [0.717, 1.165) is 78.6 Å². The molecule has 2 aliphatic rings. The monoisotopic (exact) mass is 909 g/mol. The lowest BCUT2D eigenvalue weighted by Crippen LogP contribution is -2.11. The van der Waals surface area contributed by atoms with Crippen LogP contribution >= 0.6 is 0 Å². The Hall–Kier alpha value is -7.39. The molecule has 0 spiro atoms. The van der Waals surface area contributed by atoms with Crippen LogP contribution in [0.4, 0.5) is 17.1 Å². The molecule has 6 aromatic rings. The summed E-state index contributed by atoms with van der Waals surface area (Å²) in [6.45, 7) is 19.8. The number of nitrogens with one attached hydrogen (secondary N) is 3. The Morgan fingerprint density at radius 3 is 1.50 bits per heavy atom. The van der Waals surface area contributed by atoms with Crippen molar-refractivity contribution in [2.45, 2.75) is 86.0 Å². The first kappa shape index (κ1) is 48.5. The van der Waals surface area contributed by atoms with E-state index in [1.165, 1.54) is 0 Å². The highest BCUT2D eigenvalue weighted by Crippen LogP contribution is 2.42. The van der Waals surface area contributed by atoms with Gasteiger partial charge in [-0.3, -0.25) is 14.4 Å². The molecule has 0 aromatic heterocycles. The minimum atomic E-state index is -0.193. The Morgan fingerprint density at radius 2 is 1.03 bits per heavy atom. The number of carbonyl (C=O) groups is 3. The van der Waals surface area contributed by atoms with Crippen LogP contribution in [0.1, 0.15) is 141 Å². The van der Waals surface area contributed by atoms with E-state index in [9.17, 15) is 14.4 Å². The average Bonchev–Trinajstić information content (AvgIpc) is 3.80. The first-order valence-corrected chi connectivity index (χ1v) is 23.5. The number of ether oxygens (including phenoxy) is 3. The molecule has 350 valence electrons. The molecule has 68 heavy (non-hydrogen) atoms. The van der Waals surface area contributed by atoms with Crippen molar-refractivity contribution in [1.29, 1.82) is 0 Å². The summed E-state index contributed by atoms with van der Waals surface area (Å²) in [6, 6.07) is 37.1. The van der Waals surface area contributed by atoms with Crippen LogP contribution in [-0.2, 0) is 9.59 Å². The van der Waals surface area contributed by atoms with Crippen molar-refractivity contribution < 1.29 is 28.6 Å². The van der Waals surface area contributed by atoms with E-state index in [-0.39, 0.29) is 29.6 Å². The predicted octanol–water partition coefficient (Wildman–Crippen LogP) is 14.2. The van der Waals surface area contributed by atoms with Crippen LogP contribution < -0.4 is 30.2 Å². The average molecular weight is 910 g/mol. The second-order valence-corrected chi connectivity index (χ2v) is 18.4. The molecular weight excluding hydrogens is 847 g/mol. The quantitative estimate of drug-likeness (QED) is 0.0994. The molecule has 9 heteroatoms. The topological polar surface area (TPSA) is 115 Å². The van der Waals surface area contributed by atoms with Gasteiger partial charge in [0.05, 0.1) is 26.5 Å². The first-order chi connectivity index (χ1) is 32.6. The molecule has 9 nitrogen and oxygen atoms in total. The van der Waals surface area contributed by atoms with Crippen LogP contribution in [0.25, 0.3) is 34.4 Å². The van der Waals surface area contributed by atoms with Gasteiger partial charge in [-0.2, -0.15) is 0 Å². The lowest BCUT2D eigenvalue weighted by atomic mass is 9.90. The number of fused-ring (bicyclic) bond motifs is 2. The van der Waals surface area contributed by atoms with Crippen LogP contribution in [0, 0.1) is 0 Å². The second-order valence-electron chi connectivity index (χ2n) is 18.4. The third-order valence-electron chi connectivity index (χ3n) is 12.2. The summed E-state index contributed by atoms with van der Waals surface area (Å²) in [5.74, 6) is 3.46. The summed E-state index contributed by atoms with van der Waals surface area (Å²) in [5, 5.41) is 8.88. The molecule has 8 rings (SSSR count). The van der Waals surface area contributed by atoms with E-state index in [4.69, 9.17) is 14.2 Å². The first-order valence-electron chi connectivity index (χ1n) is 23.5. The number of carbonyl (C=O) groups excluding carboxylic acids is 3. The van der Waals surface area contributed by atoms with Gasteiger partial charge in [0.1, 0.15) is 17.2 Å². The smallest absolute Gasteiger partial charge is 0.256 e. The lowest BCUT2D eigenvalue weighted by molar-refractivity contribution is -0.111. The van der Waals surface area contributed by atoms with Crippen molar-refractivity contribution in [2.75, 3.05) is 36.8 Å². The van der Waals surface area contributed by atoms with Gasteiger partial charge in [-0.1, -0.05) is 104 Å². The summed E-state index contributed by atoms with van der Waals surface area (Å²) in [6.07, 6.45) is 3.92. The number of anilines is 3. The summed E-state index contributed by atoms with van der Waals surface area (Å²) in [5.41, 5.74) is 14.4. The lowest BCUT2D eigenvalue weighted by Gasteiger charge is -2.19. The highest BCUT2D eigenvalue weighted by molar-refractivity contribution is 6.36. The van der Waals surface area contributed by atoms with Crippen molar-refractivity contribution in [1.82, 2.24) is 0 Å². The third kappa shape index (κ3) is 10.6. The fourth-order valence-corrected chi connectivity index (χ4v) is 8.74. The Bertz CT molecular complexity index is 2870. The molecule has 0 aliphatic carbocycles. The molecule has 0 unspecified atom stereocenters. The molecule has 0 saturated carbocycles. The maximum Gasteiger partial charge on any atom is 0.256 e. The molecule has 3 N–H and O–H groups in total. The summed E-state index contributed by atoms with van der Waals surface area (Å²) < 4.78 is 17.2. The van der Waals surface area contributed by atoms with Crippen LogP contribution in [0.3, 0.4) is 0 Å². The molecule has 0 bridgehead atoms. The standard InChI is InChI=1S/C30H33NO3.C29H30N2O3/c1-7-34-23-10-8-9-21(16-23)22-11-12-24-27(30(32)31-28(24)17-22)15-20-13-25(18(2)3)29(33-6)26(14-20)19(4)5;1-17(2)23-13-19(14-24(18(3)4)27(23)34-5)15-25-22-12-11-21(16-26(22)31-29(25)33)30-28(32)20-9-7-6-8-10-20/h8-19H,7H2,1-6H3,(H,31,32);6-18H,1-5H3,(H,30,32)(H,31,33). The van der Waals surface area contributed by atoms with E-state index in [1.807, 2.05) is 79.7 Å². The summed E-state index contributed by atoms with van der Waals surface area (Å²) >= 11 is 0.